The maximum absolute atomic E-state index is 5.51. The van der Waals surface area contributed by atoms with Gasteiger partial charge in [0.25, 0.3) is 0 Å². The van der Waals surface area contributed by atoms with Crippen LogP contribution in [-0.4, -0.2) is 45.0 Å². The van der Waals surface area contributed by atoms with E-state index in [0.717, 1.165) is 43.2 Å². The van der Waals surface area contributed by atoms with E-state index in [9.17, 15) is 0 Å². The van der Waals surface area contributed by atoms with Crippen LogP contribution in [0.5, 0.6) is 11.5 Å². The van der Waals surface area contributed by atoms with Crippen LogP contribution in [-0.2, 0) is 11.2 Å². The molecule has 108 valence electrons. The van der Waals surface area contributed by atoms with Crippen molar-refractivity contribution in [1.82, 2.24) is 10.3 Å². The second kappa shape index (κ2) is 5.73. The molecule has 5 heteroatoms. The van der Waals surface area contributed by atoms with Crippen molar-refractivity contribution in [2.24, 2.45) is 0 Å². The van der Waals surface area contributed by atoms with Crippen LogP contribution >= 0.6 is 0 Å². The first-order valence-corrected chi connectivity index (χ1v) is 6.85. The average molecular weight is 276 g/mol. The average Bonchev–Trinajstić information content (AvgIpc) is 2.89. The molecule has 1 fully saturated rings. The minimum atomic E-state index is 0.371. The van der Waals surface area contributed by atoms with Crippen LogP contribution in [0, 0.1) is 0 Å². The van der Waals surface area contributed by atoms with E-state index in [-0.39, 0.29) is 0 Å². The lowest BCUT2D eigenvalue weighted by Gasteiger charge is -2.23. The Morgan fingerprint density at radius 2 is 2.05 bits per heavy atom. The molecule has 1 saturated heterocycles. The summed E-state index contributed by atoms with van der Waals surface area (Å²) < 4.78 is 16.2. The van der Waals surface area contributed by atoms with Crippen LogP contribution < -0.4 is 14.8 Å². The van der Waals surface area contributed by atoms with Crippen LogP contribution in [0.2, 0.25) is 0 Å². The van der Waals surface area contributed by atoms with E-state index in [1.165, 1.54) is 10.9 Å². The molecule has 2 N–H and O–H groups in total. The van der Waals surface area contributed by atoms with Crippen molar-refractivity contribution >= 4 is 10.9 Å². The number of ether oxygens (including phenoxy) is 3. The molecule has 1 atom stereocenters. The Bertz CT molecular complexity index is 588. The highest BCUT2D eigenvalue weighted by molar-refractivity contribution is 5.86. The number of fused-ring (bicyclic) bond motifs is 1. The highest BCUT2D eigenvalue weighted by Gasteiger charge is 2.17. The molecule has 0 saturated carbocycles. The van der Waals surface area contributed by atoms with Gasteiger partial charge in [0, 0.05) is 35.8 Å². The normalized spacial score (nSPS) is 19.2. The molecule has 0 amide bonds. The number of rotatable bonds is 4. The van der Waals surface area contributed by atoms with Gasteiger partial charge in [-0.3, -0.25) is 0 Å². The van der Waals surface area contributed by atoms with Gasteiger partial charge in [0.05, 0.1) is 27.4 Å². The minimum Gasteiger partial charge on any atom is -0.493 e. The lowest BCUT2D eigenvalue weighted by Crippen LogP contribution is -2.42. The van der Waals surface area contributed by atoms with Gasteiger partial charge in [-0.25, -0.2) is 0 Å². The molecule has 1 aliphatic heterocycles. The molecule has 0 unspecified atom stereocenters. The van der Waals surface area contributed by atoms with Crippen molar-refractivity contribution in [3.63, 3.8) is 0 Å². The van der Waals surface area contributed by atoms with Gasteiger partial charge in [0.2, 0.25) is 0 Å². The van der Waals surface area contributed by atoms with Gasteiger partial charge in [-0.05, 0) is 18.1 Å². The van der Waals surface area contributed by atoms with Crippen molar-refractivity contribution in [2.75, 3.05) is 34.0 Å². The van der Waals surface area contributed by atoms with Crippen LogP contribution in [0.4, 0.5) is 0 Å². The van der Waals surface area contributed by atoms with Gasteiger partial charge >= 0.3 is 0 Å². The minimum absolute atomic E-state index is 0.371. The number of aromatic nitrogens is 1. The van der Waals surface area contributed by atoms with Crippen molar-refractivity contribution < 1.29 is 14.2 Å². The highest BCUT2D eigenvalue weighted by Crippen LogP contribution is 2.33. The van der Waals surface area contributed by atoms with Gasteiger partial charge < -0.3 is 24.5 Å². The predicted molar refractivity (Wildman–Crippen MR) is 77.7 cm³/mol. The number of methoxy groups -OCH3 is 2. The summed E-state index contributed by atoms with van der Waals surface area (Å²) in [5.74, 6) is 1.50. The quantitative estimate of drug-likeness (QED) is 0.892. The topological polar surface area (TPSA) is 55.5 Å². The van der Waals surface area contributed by atoms with Crippen molar-refractivity contribution in [3.05, 3.63) is 23.9 Å². The van der Waals surface area contributed by atoms with Crippen molar-refractivity contribution in [1.29, 1.82) is 0 Å². The number of benzene rings is 1. The molecule has 1 aromatic carbocycles. The smallest absolute Gasteiger partial charge is 0.162 e. The van der Waals surface area contributed by atoms with Crippen molar-refractivity contribution in [3.8, 4) is 11.5 Å². The first kappa shape index (κ1) is 13.3. The Kier molecular flexibility index (Phi) is 3.80. The van der Waals surface area contributed by atoms with Crippen LogP contribution in [0.3, 0.4) is 0 Å². The fourth-order valence-corrected chi connectivity index (χ4v) is 2.69. The molecule has 5 nitrogen and oxygen atoms in total. The fraction of sp³-hybridized carbons (Fsp3) is 0.467. The number of morpholine rings is 1. The summed E-state index contributed by atoms with van der Waals surface area (Å²) in [5.41, 5.74) is 2.33. The molecule has 1 aromatic heterocycles. The molecule has 0 radical (unpaired) electrons. The van der Waals surface area contributed by atoms with Gasteiger partial charge in [-0.15, -0.1) is 0 Å². The largest absolute Gasteiger partial charge is 0.493 e. The maximum Gasteiger partial charge on any atom is 0.162 e. The van der Waals surface area contributed by atoms with Crippen LogP contribution in [0.25, 0.3) is 10.9 Å². The molecule has 1 aliphatic rings. The summed E-state index contributed by atoms with van der Waals surface area (Å²) in [4.78, 5) is 3.30. The molecule has 0 aliphatic carbocycles. The lowest BCUT2D eigenvalue weighted by atomic mass is 10.0. The van der Waals surface area contributed by atoms with Gasteiger partial charge in [0.1, 0.15) is 0 Å². The summed E-state index contributed by atoms with van der Waals surface area (Å²) in [5, 5.41) is 4.65. The zero-order valence-corrected chi connectivity index (χ0v) is 11.9. The molecule has 20 heavy (non-hydrogen) atoms. The lowest BCUT2D eigenvalue weighted by molar-refractivity contribution is 0.0771. The SMILES string of the molecule is COc1cc2[nH]cc(C[C@H]3COCCN3)c2cc1OC. The molecule has 0 spiro atoms. The molecular weight excluding hydrogens is 256 g/mol. The standard InChI is InChI=1S/C15H20N2O3/c1-18-14-6-12-10(5-11-9-20-4-3-16-11)8-17-13(12)7-15(14)19-2/h6-8,11,16-17H,3-5,9H2,1-2H3/t11-/m0/s1. The third-order valence-corrected chi connectivity index (χ3v) is 3.74. The van der Waals surface area contributed by atoms with Gasteiger partial charge in [0.15, 0.2) is 11.5 Å². The number of nitrogens with one attached hydrogen (secondary N) is 2. The van der Waals surface area contributed by atoms with Crippen LogP contribution in [0.1, 0.15) is 5.56 Å². The van der Waals surface area contributed by atoms with E-state index in [1.54, 1.807) is 14.2 Å². The Morgan fingerprint density at radius 1 is 1.25 bits per heavy atom. The molecular formula is C15H20N2O3. The monoisotopic (exact) mass is 276 g/mol. The first-order valence-electron chi connectivity index (χ1n) is 6.85. The van der Waals surface area contributed by atoms with E-state index in [1.807, 2.05) is 12.1 Å². The summed E-state index contributed by atoms with van der Waals surface area (Å²) in [7, 11) is 3.31. The second-order valence-corrected chi connectivity index (χ2v) is 5.00. The summed E-state index contributed by atoms with van der Waals surface area (Å²) in [6.07, 6.45) is 3.00. The molecule has 2 heterocycles. The van der Waals surface area contributed by atoms with E-state index in [2.05, 4.69) is 16.5 Å². The van der Waals surface area contributed by atoms with E-state index < -0.39 is 0 Å². The van der Waals surface area contributed by atoms with E-state index in [0.29, 0.717) is 6.04 Å². The van der Waals surface area contributed by atoms with E-state index >= 15 is 0 Å². The van der Waals surface area contributed by atoms with Gasteiger partial charge in [-0.1, -0.05) is 0 Å². The molecule has 3 rings (SSSR count). The van der Waals surface area contributed by atoms with Crippen LogP contribution in [0.15, 0.2) is 18.3 Å². The zero-order valence-electron chi connectivity index (χ0n) is 11.9. The zero-order chi connectivity index (χ0) is 13.9. The Balaban J connectivity index is 1.91. The van der Waals surface area contributed by atoms with E-state index in [4.69, 9.17) is 14.2 Å². The maximum atomic E-state index is 5.51. The van der Waals surface area contributed by atoms with Gasteiger partial charge in [-0.2, -0.15) is 0 Å². The molecule has 2 aromatic rings. The predicted octanol–water partition coefficient (Wildman–Crippen LogP) is 1.72. The molecule has 0 bridgehead atoms. The highest BCUT2D eigenvalue weighted by atomic mass is 16.5. The Hall–Kier alpha value is -1.72. The summed E-state index contributed by atoms with van der Waals surface area (Å²) >= 11 is 0. The second-order valence-electron chi connectivity index (χ2n) is 5.00. The third-order valence-electron chi connectivity index (χ3n) is 3.74. The summed E-state index contributed by atoms with van der Waals surface area (Å²) in [6.45, 7) is 2.49. The fourth-order valence-electron chi connectivity index (χ4n) is 2.69. The number of aromatic amines is 1. The summed E-state index contributed by atoms with van der Waals surface area (Å²) in [6, 6.07) is 4.38. The Labute approximate surface area is 118 Å². The number of hydrogen-bond donors (Lipinski definition) is 2. The number of H-pyrrole nitrogens is 1. The first-order chi connectivity index (χ1) is 9.81. The van der Waals surface area contributed by atoms with Crippen molar-refractivity contribution in [2.45, 2.75) is 12.5 Å². The third kappa shape index (κ3) is 2.46. The Morgan fingerprint density at radius 3 is 2.75 bits per heavy atom. The number of hydrogen-bond acceptors (Lipinski definition) is 4.